The van der Waals surface area contributed by atoms with Gasteiger partial charge in [0.15, 0.2) is 0 Å². The summed E-state index contributed by atoms with van der Waals surface area (Å²) in [5.41, 5.74) is 2.50. The molecule has 0 aromatic heterocycles. The molecule has 1 N–H and O–H groups in total. The van der Waals surface area contributed by atoms with Crippen LogP contribution in [0.4, 0.5) is 0 Å². The van der Waals surface area contributed by atoms with Gasteiger partial charge >= 0.3 is 0 Å². The quantitative estimate of drug-likeness (QED) is 0.602. The molecular formula is C13H19NS. The zero-order chi connectivity index (χ0) is 11.3. The summed E-state index contributed by atoms with van der Waals surface area (Å²) in [7, 11) is 0. The summed E-state index contributed by atoms with van der Waals surface area (Å²) in [6.07, 6.45) is 2.11. The van der Waals surface area contributed by atoms with Crippen molar-refractivity contribution >= 4 is 11.8 Å². The van der Waals surface area contributed by atoms with E-state index < -0.39 is 0 Å². The van der Waals surface area contributed by atoms with Gasteiger partial charge in [0.25, 0.3) is 0 Å². The minimum absolute atomic E-state index is 0.277. The van der Waals surface area contributed by atoms with Crippen molar-refractivity contribution in [3.8, 4) is 0 Å². The van der Waals surface area contributed by atoms with Crippen LogP contribution in [0.15, 0.2) is 41.3 Å². The van der Waals surface area contributed by atoms with Gasteiger partial charge in [0, 0.05) is 4.90 Å². The molecular weight excluding hydrogens is 202 g/mol. The van der Waals surface area contributed by atoms with Crippen LogP contribution in [0, 0.1) is 0 Å². The van der Waals surface area contributed by atoms with Crippen LogP contribution >= 0.6 is 11.8 Å². The smallest absolute Gasteiger partial charge is 0.0541 e. The minimum Gasteiger partial charge on any atom is -0.307 e. The molecule has 82 valence electrons. The van der Waals surface area contributed by atoms with Crippen molar-refractivity contribution in [1.82, 2.24) is 5.32 Å². The Balaban J connectivity index is 3.04. The maximum Gasteiger partial charge on any atom is 0.0541 e. The Morgan fingerprint density at radius 1 is 1.47 bits per heavy atom. The Labute approximate surface area is 97.0 Å². The first kappa shape index (κ1) is 12.3. The van der Waals surface area contributed by atoms with E-state index in [-0.39, 0.29) is 6.04 Å². The maximum atomic E-state index is 4.05. The highest BCUT2D eigenvalue weighted by atomic mass is 32.2. The van der Waals surface area contributed by atoms with E-state index in [0.29, 0.717) is 0 Å². The number of benzene rings is 1. The summed E-state index contributed by atoms with van der Waals surface area (Å²) in [5, 5.41) is 3.46. The molecule has 15 heavy (non-hydrogen) atoms. The molecule has 0 aliphatic heterocycles. The summed E-state index contributed by atoms with van der Waals surface area (Å²) in [5.74, 6) is 0. The van der Waals surface area contributed by atoms with Gasteiger partial charge in [0.1, 0.15) is 0 Å². The molecule has 0 amide bonds. The molecule has 2 heteroatoms. The molecule has 0 aliphatic carbocycles. The Hall–Kier alpha value is -0.730. The van der Waals surface area contributed by atoms with Gasteiger partial charge in [0.2, 0.25) is 0 Å². The normalized spacial score (nSPS) is 12.5. The van der Waals surface area contributed by atoms with Gasteiger partial charge < -0.3 is 5.32 Å². The maximum absolute atomic E-state index is 4.05. The fourth-order valence-corrected chi connectivity index (χ4v) is 2.29. The van der Waals surface area contributed by atoms with Crippen LogP contribution < -0.4 is 5.32 Å². The predicted octanol–water partition coefficient (Wildman–Crippen LogP) is 3.64. The number of rotatable bonds is 5. The minimum atomic E-state index is 0.277. The molecule has 1 aromatic carbocycles. The standard InChI is InChI=1S/C13H19NS/c1-5-14-13(10(2)3)11-8-6-7-9-12(11)15-4/h6-9,13-14H,2,5H2,1,3-4H3. The zero-order valence-electron chi connectivity index (χ0n) is 9.71. The van der Waals surface area contributed by atoms with Crippen molar-refractivity contribution in [1.29, 1.82) is 0 Å². The van der Waals surface area contributed by atoms with Gasteiger partial charge in [-0.15, -0.1) is 11.8 Å². The molecule has 0 spiro atoms. The third-order valence-electron chi connectivity index (χ3n) is 2.35. The lowest BCUT2D eigenvalue weighted by Gasteiger charge is -2.20. The van der Waals surface area contributed by atoms with Gasteiger partial charge in [-0.3, -0.25) is 0 Å². The fraction of sp³-hybridized carbons (Fsp3) is 0.385. The van der Waals surface area contributed by atoms with Crippen molar-refractivity contribution in [2.45, 2.75) is 24.8 Å². The molecule has 0 saturated heterocycles. The molecule has 0 aliphatic rings. The van der Waals surface area contributed by atoms with Crippen molar-refractivity contribution in [3.05, 3.63) is 42.0 Å². The first-order chi connectivity index (χ1) is 7.20. The number of thioether (sulfide) groups is 1. The molecule has 1 rings (SSSR count). The first-order valence-corrected chi connectivity index (χ1v) is 6.44. The zero-order valence-corrected chi connectivity index (χ0v) is 10.5. The first-order valence-electron chi connectivity index (χ1n) is 5.22. The topological polar surface area (TPSA) is 12.0 Å². The average molecular weight is 221 g/mol. The average Bonchev–Trinajstić information content (AvgIpc) is 2.25. The fourth-order valence-electron chi connectivity index (χ4n) is 1.66. The van der Waals surface area contributed by atoms with Crippen LogP contribution in [0.3, 0.4) is 0 Å². The lowest BCUT2D eigenvalue weighted by atomic mass is 10.0. The SMILES string of the molecule is C=C(C)C(NCC)c1ccccc1SC. The van der Waals surface area contributed by atoms with E-state index in [2.05, 4.69) is 56.3 Å². The molecule has 1 atom stereocenters. The third kappa shape index (κ3) is 3.11. The van der Waals surface area contributed by atoms with Gasteiger partial charge in [-0.05, 0) is 31.4 Å². The van der Waals surface area contributed by atoms with E-state index in [9.17, 15) is 0 Å². The highest BCUT2D eigenvalue weighted by molar-refractivity contribution is 7.98. The summed E-state index contributed by atoms with van der Waals surface area (Å²) >= 11 is 1.79. The molecule has 0 saturated carbocycles. The van der Waals surface area contributed by atoms with Crippen molar-refractivity contribution in [2.75, 3.05) is 12.8 Å². The van der Waals surface area contributed by atoms with E-state index in [4.69, 9.17) is 0 Å². The second kappa shape index (κ2) is 5.99. The van der Waals surface area contributed by atoms with Gasteiger partial charge in [-0.25, -0.2) is 0 Å². The van der Waals surface area contributed by atoms with Crippen LogP contribution in [0.5, 0.6) is 0 Å². The van der Waals surface area contributed by atoms with Crippen LogP contribution in [0.2, 0.25) is 0 Å². The largest absolute Gasteiger partial charge is 0.307 e. The number of hydrogen-bond acceptors (Lipinski definition) is 2. The van der Waals surface area contributed by atoms with E-state index in [1.165, 1.54) is 16.0 Å². The lowest BCUT2D eigenvalue weighted by Crippen LogP contribution is -2.22. The van der Waals surface area contributed by atoms with Crippen LogP contribution in [0.25, 0.3) is 0 Å². The summed E-state index contributed by atoms with van der Waals surface area (Å²) < 4.78 is 0. The number of hydrogen-bond donors (Lipinski definition) is 1. The van der Waals surface area contributed by atoms with Crippen molar-refractivity contribution < 1.29 is 0 Å². The van der Waals surface area contributed by atoms with E-state index in [1.807, 2.05) is 0 Å². The highest BCUT2D eigenvalue weighted by Gasteiger charge is 2.13. The summed E-state index contributed by atoms with van der Waals surface area (Å²) in [4.78, 5) is 1.33. The van der Waals surface area contributed by atoms with Crippen LogP contribution in [-0.4, -0.2) is 12.8 Å². The molecule has 0 heterocycles. The van der Waals surface area contributed by atoms with Crippen LogP contribution in [-0.2, 0) is 0 Å². The highest BCUT2D eigenvalue weighted by Crippen LogP contribution is 2.29. The van der Waals surface area contributed by atoms with E-state index in [1.54, 1.807) is 11.8 Å². The van der Waals surface area contributed by atoms with Crippen LogP contribution in [0.1, 0.15) is 25.5 Å². The Bertz CT molecular complexity index is 333. The second-order valence-corrected chi connectivity index (χ2v) is 4.43. The molecule has 0 bridgehead atoms. The predicted molar refractivity (Wildman–Crippen MR) is 69.5 cm³/mol. The monoisotopic (exact) mass is 221 g/mol. The Kier molecular flexibility index (Phi) is 4.92. The summed E-state index contributed by atoms with van der Waals surface area (Å²) in [6.45, 7) is 9.21. The van der Waals surface area contributed by atoms with E-state index >= 15 is 0 Å². The Morgan fingerprint density at radius 2 is 2.13 bits per heavy atom. The molecule has 1 unspecified atom stereocenters. The lowest BCUT2D eigenvalue weighted by molar-refractivity contribution is 0.613. The Morgan fingerprint density at radius 3 is 2.67 bits per heavy atom. The number of nitrogens with one attached hydrogen (secondary N) is 1. The molecule has 1 nitrogen and oxygen atoms in total. The van der Waals surface area contributed by atoms with Crippen molar-refractivity contribution in [3.63, 3.8) is 0 Å². The van der Waals surface area contributed by atoms with Gasteiger partial charge in [-0.2, -0.15) is 0 Å². The van der Waals surface area contributed by atoms with Gasteiger partial charge in [-0.1, -0.05) is 37.3 Å². The summed E-state index contributed by atoms with van der Waals surface area (Å²) in [6, 6.07) is 8.78. The molecule has 0 fully saturated rings. The van der Waals surface area contributed by atoms with E-state index in [0.717, 1.165) is 6.54 Å². The van der Waals surface area contributed by atoms with Crippen molar-refractivity contribution in [2.24, 2.45) is 0 Å². The van der Waals surface area contributed by atoms with Gasteiger partial charge in [0.05, 0.1) is 6.04 Å². The molecule has 0 radical (unpaired) electrons. The number of likely N-dealkylation sites (N-methyl/N-ethyl adjacent to an activating group) is 1. The molecule has 1 aromatic rings. The third-order valence-corrected chi connectivity index (χ3v) is 3.16. The second-order valence-electron chi connectivity index (χ2n) is 3.58.